The molecule has 0 bridgehead atoms. The lowest BCUT2D eigenvalue weighted by molar-refractivity contribution is -0.145. The fourth-order valence-corrected chi connectivity index (χ4v) is 2.39. The molecule has 1 aromatic rings. The summed E-state index contributed by atoms with van der Waals surface area (Å²) in [7, 11) is 0. The lowest BCUT2D eigenvalue weighted by Gasteiger charge is -2.26. The predicted molar refractivity (Wildman–Crippen MR) is 77.9 cm³/mol. The second-order valence-corrected chi connectivity index (χ2v) is 5.76. The van der Waals surface area contributed by atoms with E-state index in [0.29, 0.717) is 5.92 Å². The van der Waals surface area contributed by atoms with Gasteiger partial charge in [-0.3, -0.25) is 4.79 Å². The Labute approximate surface area is 119 Å². The average molecular weight is 277 g/mol. The fraction of sp³-hybridized carbons (Fsp3) is 0.562. The Kier molecular flexibility index (Phi) is 4.33. The predicted octanol–water partition coefficient (Wildman–Crippen LogP) is 2.77. The zero-order chi connectivity index (χ0) is 14.8. The van der Waals surface area contributed by atoms with Crippen LogP contribution in [0.25, 0.3) is 0 Å². The van der Waals surface area contributed by atoms with E-state index in [1.807, 2.05) is 24.3 Å². The van der Waals surface area contributed by atoms with Gasteiger partial charge in [-0.1, -0.05) is 32.0 Å². The molecule has 0 spiro atoms. The maximum absolute atomic E-state index is 11.4. The van der Waals surface area contributed by atoms with Crippen molar-refractivity contribution in [3.8, 4) is 5.75 Å². The van der Waals surface area contributed by atoms with Crippen LogP contribution < -0.4 is 10.5 Å². The van der Waals surface area contributed by atoms with E-state index in [4.69, 9.17) is 10.5 Å². The number of carbonyl (C=O) groups is 1. The van der Waals surface area contributed by atoms with E-state index in [1.165, 1.54) is 0 Å². The molecule has 0 saturated heterocycles. The number of aliphatic carboxylic acids is 1. The zero-order valence-corrected chi connectivity index (χ0v) is 12.1. The van der Waals surface area contributed by atoms with Crippen LogP contribution >= 0.6 is 0 Å². The van der Waals surface area contributed by atoms with Gasteiger partial charge in [0.2, 0.25) is 0 Å². The van der Waals surface area contributed by atoms with Gasteiger partial charge in [0.05, 0.1) is 0 Å². The average Bonchev–Trinajstić information content (AvgIpc) is 3.29. The summed E-state index contributed by atoms with van der Waals surface area (Å²) in [5, 5.41) is 9.34. The van der Waals surface area contributed by atoms with Gasteiger partial charge in [-0.05, 0) is 42.7 Å². The third-order valence-corrected chi connectivity index (χ3v) is 4.23. The lowest BCUT2D eigenvalue weighted by atomic mass is 9.95. The normalized spacial score (nSPS) is 19.1. The molecule has 0 radical (unpaired) electrons. The molecule has 20 heavy (non-hydrogen) atoms. The number of para-hydroxylation sites is 1. The Morgan fingerprint density at radius 3 is 2.70 bits per heavy atom. The first kappa shape index (κ1) is 14.9. The van der Waals surface area contributed by atoms with Crippen LogP contribution in [0.4, 0.5) is 0 Å². The molecule has 1 aliphatic rings. The van der Waals surface area contributed by atoms with Gasteiger partial charge in [-0.25, -0.2) is 0 Å². The van der Waals surface area contributed by atoms with E-state index in [9.17, 15) is 9.90 Å². The molecule has 1 aliphatic carbocycles. The number of rotatable bonds is 7. The van der Waals surface area contributed by atoms with Crippen molar-refractivity contribution in [3.05, 3.63) is 29.8 Å². The molecular formula is C16H23NO3. The van der Waals surface area contributed by atoms with Crippen molar-refractivity contribution < 1.29 is 14.6 Å². The van der Waals surface area contributed by atoms with Crippen molar-refractivity contribution in [2.75, 3.05) is 6.61 Å². The summed E-state index contributed by atoms with van der Waals surface area (Å²) >= 11 is 0. The van der Waals surface area contributed by atoms with Crippen LogP contribution in [0.15, 0.2) is 24.3 Å². The summed E-state index contributed by atoms with van der Waals surface area (Å²) in [6.45, 7) is 4.28. The number of nitrogens with two attached hydrogens (primary N) is 1. The fourth-order valence-electron chi connectivity index (χ4n) is 2.39. The highest BCUT2D eigenvalue weighted by Gasteiger charge is 2.49. The molecule has 0 heterocycles. The SMILES string of the molecule is CCC(C)c1ccccc1OCC(N)(C(=O)O)C1CC1. The van der Waals surface area contributed by atoms with Gasteiger partial charge in [0, 0.05) is 0 Å². The molecule has 110 valence electrons. The number of ether oxygens (including phenoxy) is 1. The van der Waals surface area contributed by atoms with E-state index < -0.39 is 11.5 Å². The highest BCUT2D eigenvalue weighted by molar-refractivity contribution is 5.79. The Hall–Kier alpha value is -1.55. The topological polar surface area (TPSA) is 72.5 Å². The van der Waals surface area contributed by atoms with E-state index in [0.717, 1.165) is 30.6 Å². The Bertz CT molecular complexity index is 484. The number of hydrogen-bond donors (Lipinski definition) is 2. The van der Waals surface area contributed by atoms with Gasteiger partial charge in [0.1, 0.15) is 12.4 Å². The minimum atomic E-state index is -1.26. The van der Waals surface area contributed by atoms with Crippen LogP contribution in [0.3, 0.4) is 0 Å². The van der Waals surface area contributed by atoms with Crippen LogP contribution in [0.5, 0.6) is 5.75 Å². The van der Waals surface area contributed by atoms with Gasteiger partial charge in [0.25, 0.3) is 0 Å². The van der Waals surface area contributed by atoms with E-state index in [2.05, 4.69) is 13.8 Å². The molecule has 2 unspecified atom stereocenters. The maximum atomic E-state index is 11.4. The summed E-state index contributed by atoms with van der Waals surface area (Å²) < 4.78 is 5.78. The van der Waals surface area contributed by atoms with Gasteiger partial charge < -0.3 is 15.6 Å². The van der Waals surface area contributed by atoms with Crippen LogP contribution in [0.2, 0.25) is 0 Å². The molecule has 1 saturated carbocycles. The summed E-state index contributed by atoms with van der Waals surface area (Å²) in [6, 6.07) is 7.79. The van der Waals surface area contributed by atoms with Gasteiger partial charge in [-0.15, -0.1) is 0 Å². The number of carboxylic acids is 1. The quantitative estimate of drug-likeness (QED) is 0.803. The first-order chi connectivity index (χ1) is 9.49. The second-order valence-electron chi connectivity index (χ2n) is 5.76. The standard InChI is InChI=1S/C16H23NO3/c1-3-11(2)13-6-4-5-7-14(13)20-10-16(17,15(18)19)12-8-9-12/h4-7,11-12H,3,8-10,17H2,1-2H3,(H,18,19). The minimum Gasteiger partial charge on any atom is -0.491 e. The molecule has 4 nitrogen and oxygen atoms in total. The van der Waals surface area contributed by atoms with Crippen molar-refractivity contribution in [2.45, 2.75) is 44.6 Å². The molecule has 1 aromatic carbocycles. The first-order valence-corrected chi connectivity index (χ1v) is 7.23. The highest BCUT2D eigenvalue weighted by Crippen LogP contribution is 2.39. The molecule has 2 atom stereocenters. The summed E-state index contributed by atoms with van der Waals surface area (Å²) in [6.07, 6.45) is 2.76. The van der Waals surface area contributed by atoms with Crippen molar-refractivity contribution >= 4 is 5.97 Å². The second kappa shape index (κ2) is 5.83. The molecule has 2 rings (SSSR count). The molecule has 3 N–H and O–H groups in total. The van der Waals surface area contributed by atoms with Crippen LogP contribution in [-0.2, 0) is 4.79 Å². The van der Waals surface area contributed by atoms with E-state index in [1.54, 1.807) is 0 Å². The van der Waals surface area contributed by atoms with Gasteiger partial charge >= 0.3 is 5.97 Å². The van der Waals surface area contributed by atoms with Crippen molar-refractivity contribution in [2.24, 2.45) is 11.7 Å². The van der Waals surface area contributed by atoms with Crippen LogP contribution in [0, 0.1) is 5.92 Å². The third kappa shape index (κ3) is 2.96. The number of hydrogen-bond acceptors (Lipinski definition) is 3. The molecule has 0 aromatic heterocycles. The first-order valence-electron chi connectivity index (χ1n) is 7.23. The highest BCUT2D eigenvalue weighted by atomic mass is 16.5. The van der Waals surface area contributed by atoms with Crippen LogP contribution in [0.1, 0.15) is 44.6 Å². The van der Waals surface area contributed by atoms with Crippen molar-refractivity contribution in [1.29, 1.82) is 0 Å². The Morgan fingerprint density at radius 2 is 2.15 bits per heavy atom. The monoisotopic (exact) mass is 277 g/mol. The lowest BCUT2D eigenvalue weighted by Crippen LogP contribution is -2.54. The minimum absolute atomic E-state index is 0.0282. The zero-order valence-electron chi connectivity index (χ0n) is 12.1. The van der Waals surface area contributed by atoms with E-state index in [-0.39, 0.29) is 12.5 Å². The van der Waals surface area contributed by atoms with Gasteiger partial charge in [0.15, 0.2) is 5.54 Å². The largest absolute Gasteiger partial charge is 0.491 e. The molecule has 0 aliphatic heterocycles. The van der Waals surface area contributed by atoms with E-state index >= 15 is 0 Å². The number of benzene rings is 1. The van der Waals surface area contributed by atoms with Crippen molar-refractivity contribution in [1.82, 2.24) is 0 Å². The molecular weight excluding hydrogens is 254 g/mol. The Balaban J connectivity index is 2.12. The van der Waals surface area contributed by atoms with Crippen molar-refractivity contribution in [3.63, 3.8) is 0 Å². The third-order valence-electron chi connectivity index (χ3n) is 4.23. The summed E-state index contributed by atoms with van der Waals surface area (Å²) in [5.74, 6) is 0.194. The number of carboxylic acid groups (broad SMARTS) is 1. The smallest absolute Gasteiger partial charge is 0.327 e. The maximum Gasteiger partial charge on any atom is 0.327 e. The molecule has 0 amide bonds. The summed E-state index contributed by atoms with van der Waals surface area (Å²) in [4.78, 5) is 11.4. The summed E-state index contributed by atoms with van der Waals surface area (Å²) in [5.41, 5.74) is 5.88. The molecule has 1 fully saturated rings. The molecule has 4 heteroatoms. The van der Waals surface area contributed by atoms with Crippen LogP contribution in [-0.4, -0.2) is 23.2 Å². The van der Waals surface area contributed by atoms with Gasteiger partial charge in [-0.2, -0.15) is 0 Å². The Morgan fingerprint density at radius 1 is 1.50 bits per heavy atom.